The zero-order chi connectivity index (χ0) is 28.6. The quantitative estimate of drug-likeness (QED) is 0.527. The molecule has 0 fully saturated rings. The SMILES string of the molecule is O=C1C=C(c2cccc(C3=CC(=O)NC3=O)c2)C(=O)N1.O=C1C=CC(=O)N1c1cccc(N2C(=O)C=CC2=O)c1. The molecule has 8 amide bonds. The first kappa shape index (κ1) is 25.6. The monoisotopic (exact) mass is 536 g/mol. The second-order valence-corrected chi connectivity index (χ2v) is 8.54. The van der Waals surface area contributed by atoms with Crippen LogP contribution in [0.3, 0.4) is 0 Å². The molecule has 196 valence electrons. The molecule has 2 aromatic carbocycles. The summed E-state index contributed by atoms with van der Waals surface area (Å²) in [4.78, 5) is 93.8. The van der Waals surface area contributed by atoms with Crippen molar-refractivity contribution >= 4 is 69.8 Å². The highest BCUT2D eigenvalue weighted by atomic mass is 16.2. The second kappa shape index (κ2) is 10.0. The molecule has 12 heteroatoms. The molecular weight excluding hydrogens is 520 g/mol. The molecule has 0 aromatic heterocycles. The summed E-state index contributed by atoms with van der Waals surface area (Å²) >= 11 is 0. The average Bonchev–Trinajstić information content (AvgIpc) is 3.65. The Morgan fingerprint density at radius 1 is 0.475 bits per heavy atom. The van der Waals surface area contributed by atoms with Crippen LogP contribution in [0.2, 0.25) is 0 Å². The highest BCUT2D eigenvalue weighted by Gasteiger charge is 2.29. The van der Waals surface area contributed by atoms with Gasteiger partial charge in [0.15, 0.2) is 0 Å². The minimum atomic E-state index is -0.479. The number of nitrogens with zero attached hydrogens (tertiary/aromatic N) is 2. The predicted molar refractivity (Wildman–Crippen MR) is 138 cm³/mol. The van der Waals surface area contributed by atoms with Crippen LogP contribution >= 0.6 is 0 Å². The summed E-state index contributed by atoms with van der Waals surface area (Å²) in [6.45, 7) is 0. The smallest absolute Gasteiger partial charge is 0.258 e. The molecule has 4 aliphatic heterocycles. The molecule has 4 heterocycles. The Kier molecular flexibility index (Phi) is 6.41. The number of nitrogens with one attached hydrogen (secondary N) is 2. The van der Waals surface area contributed by atoms with Crippen molar-refractivity contribution in [1.82, 2.24) is 10.6 Å². The first-order valence-corrected chi connectivity index (χ1v) is 11.6. The van der Waals surface area contributed by atoms with Gasteiger partial charge in [0.1, 0.15) is 0 Å². The number of hydrogen-bond donors (Lipinski definition) is 2. The van der Waals surface area contributed by atoms with Gasteiger partial charge < -0.3 is 0 Å². The second-order valence-electron chi connectivity index (χ2n) is 8.54. The lowest BCUT2D eigenvalue weighted by atomic mass is 9.99. The van der Waals surface area contributed by atoms with Gasteiger partial charge in [0.2, 0.25) is 0 Å². The number of hydrogen-bond acceptors (Lipinski definition) is 8. The molecule has 0 saturated heterocycles. The van der Waals surface area contributed by atoms with E-state index >= 15 is 0 Å². The predicted octanol–water partition coefficient (Wildman–Crippen LogP) is 0.312. The number of carbonyl (C=O) groups excluding carboxylic acids is 8. The van der Waals surface area contributed by atoms with Gasteiger partial charge in [-0.15, -0.1) is 0 Å². The molecule has 0 radical (unpaired) electrons. The van der Waals surface area contributed by atoms with Gasteiger partial charge in [0.25, 0.3) is 47.3 Å². The highest BCUT2D eigenvalue weighted by molar-refractivity contribution is 6.35. The Balaban J connectivity index is 0.000000161. The molecule has 4 aliphatic rings. The van der Waals surface area contributed by atoms with Crippen LogP contribution in [-0.4, -0.2) is 47.3 Å². The minimum Gasteiger partial charge on any atom is -0.289 e. The van der Waals surface area contributed by atoms with Gasteiger partial charge in [-0.1, -0.05) is 24.3 Å². The Hall–Kier alpha value is -6.04. The van der Waals surface area contributed by atoms with E-state index in [1.54, 1.807) is 42.5 Å². The molecule has 0 unspecified atom stereocenters. The summed E-state index contributed by atoms with van der Waals surface area (Å²) in [5, 5.41) is 4.30. The van der Waals surface area contributed by atoms with E-state index in [1.807, 2.05) is 0 Å². The van der Waals surface area contributed by atoms with E-state index in [0.29, 0.717) is 22.5 Å². The van der Waals surface area contributed by atoms with Gasteiger partial charge in [-0.2, -0.15) is 0 Å². The molecule has 2 aromatic rings. The van der Waals surface area contributed by atoms with Gasteiger partial charge in [-0.25, -0.2) is 9.80 Å². The lowest BCUT2D eigenvalue weighted by Gasteiger charge is -2.18. The van der Waals surface area contributed by atoms with Crippen LogP contribution in [-0.2, 0) is 38.4 Å². The zero-order valence-corrected chi connectivity index (χ0v) is 20.2. The number of anilines is 2. The molecule has 0 spiro atoms. The summed E-state index contributed by atoms with van der Waals surface area (Å²) in [6, 6.07) is 12.7. The van der Waals surface area contributed by atoms with E-state index in [1.165, 1.54) is 42.5 Å². The molecule has 0 bridgehead atoms. The highest BCUT2D eigenvalue weighted by Crippen LogP contribution is 2.27. The van der Waals surface area contributed by atoms with Crippen molar-refractivity contribution in [2.75, 3.05) is 9.80 Å². The summed E-state index contributed by atoms with van der Waals surface area (Å²) in [6.07, 6.45) is 7.09. The van der Waals surface area contributed by atoms with Gasteiger partial charge in [0, 0.05) is 36.5 Å². The number of imide groups is 4. The van der Waals surface area contributed by atoms with E-state index in [9.17, 15) is 38.4 Å². The van der Waals surface area contributed by atoms with Crippen LogP contribution in [0.15, 0.2) is 85.0 Å². The Morgan fingerprint density at radius 2 is 0.850 bits per heavy atom. The first-order chi connectivity index (χ1) is 19.1. The van der Waals surface area contributed by atoms with Crippen LogP contribution in [0.25, 0.3) is 11.1 Å². The lowest BCUT2D eigenvalue weighted by Crippen LogP contribution is -2.31. The maximum atomic E-state index is 11.6. The van der Waals surface area contributed by atoms with Crippen molar-refractivity contribution in [2.45, 2.75) is 0 Å². The third kappa shape index (κ3) is 4.79. The molecule has 0 saturated carbocycles. The van der Waals surface area contributed by atoms with E-state index < -0.39 is 47.3 Å². The molecule has 6 rings (SSSR count). The number of benzene rings is 2. The average molecular weight is 536 g/mol. The Labute approximate surface area is 224 Å². The lowest BCUT2D eigenvalue weighted by molar-refractivity contribution is -0.124. The summed E-state index contributed by atoms with van der Waals surface area (Å²) in [5.41, 5.74) is 2.13. The molecule has 2 N–H and O–H groups in total. The van der Waals surface area contributed by atoms with Crippen LogP contribution in [0.4, 0.5) is 11.4 Å². The Bertz CT molecular complexity index is 1560. The van der Waals surface area contributed by atoms with Crippen molar-refractivity contribution in [1.29, 1.82) is 0 Å². The minimum absolute atomic E-state index is 0.238. The fourth-order valence-corrected chi connectivity index (χ4v) is 4.19. The van der Waals surface area contributed by atoms with E-state index in [-0.39, 0.29) is 11.1 Å². The molecule has 0 aliphatic carbocycles. The van der Waals surface area contributed by atoms with Gasteiger partial charge >= 0.3 is 0 Å². The number of amides is 8. The largest absolute Gasteiger partial charge is 0.289 e. The van der Waals surface area contributed by atoms with Crippen LogP contribution in [0.1, 0.15) is 11.1 Å². The summed E-state index contributed by atoms with van der Waals surface area (Å²) in [7, 11) is 0. The summed E-state index contributed by atoms with van der Waals surface area (Å²) in [5.74, 6) is -3.71. The van der Waals surface area contributed by atoms with Crippen molar-refractivity contribution in [3.05, 3.63) is 96.1 Å². The van der Waals surface area contributed by atoms with Crippen LogP contribution < -0.4 is 20.4 Å². The maximum absolute atomic E-state index is 11.6. The van der Waals surface area contributed by atoms with Crippen LogP contribution in [0.5, 0.6) is 0 Å². The van der Waals surface area contributed by atoms with E-state index in [2.05, 4.69) is 10.6 Å². The third-order valence-electron chi connectivity index (χ3n) is 5.96. The zero-order valence-electron chi connectivity index (χ0n) is 20.2. The molecule has 0 atom stereocenters. The van der Waals surface area contributed by atoms with Crippen molar-refractivity contribution in [2.24, 2.45) is 0 Å². The van der Waals surface area contributed by atoms with Gasteiger partial charge in [0.05, 0.1) is 22.5 Å². The number of carbonyl (C=O) groups is 8. The molecule has 12 nitrogen and oxygen atoms in total. The van der Waals surface area contributed by atoms with Crippen molar-refractivity contribution in [3.8, 4) is 0 Å². The maximum Gasteiger partial charge on any atom is 0.258 e. The van der Waals surface area contributed by atoms with Gasteiger partial charge in [-0.3, -0.25) is 49.0 Å². The fourth-order valence-electron chi connectivity index (χ4n) is 4.19. The van der Waals surface area contributed by atoms with Gasteiger partial charge in [-0.05, 0) is 35.4 Å². The van der Waals surface area contributed by atoms with Crippen LogP contribution in [0, 0.1) is 0 Å². The van der Waals surface area contributed by atoms with E-state index in [4.69, 9.17) is 0 Å². The third-order valence-corrected chi connectivity index (χ3v) is 5.96. The normalized spacial score (nSPS) is 17.8. The Morgan fingerprint density at radius 3 is 1.20 bits per heavy atom. The standard InChI is InChI=1S/2C14H8N2O4/c17-11-5-9(13(19)15-11)7-2-1-3-8(4-7)10-6-12(18)16-14(10)20;17-11-4-5-12(18)15(11)9-2-1-3-10(8-9)16-13(19)6-7-14(16)20/h1-6H,(H,15,17,19)(H,16,18,20);1-8H. The summed E-state index contributed by atoms with van der Waals surface area (Å²) < 4.78 is 0. The number of rotatable bonds is 4. The topological polar surface area (TPSA) is 167 Å². The first-order valence-electron chi connectivity index (χ1n) is 11.6. The molecular formula is C28H16N4O8. The fraction of sp³-hybridized carbons (Fsp3) is 0. The van der Waals surface area contributed by atoms with Crippen molar-refractivity contribution in [3.63, 3.8) is 0 Å². The van der Waals surface area contributed by atoms with E-state index in [0.717, 1.165) is 9.80 Å². The molecule has 40 heavy (non-hydrogen) atoms. The van der Waals surface area contributed by atoms with Crippen molar-refractivity contribution < 1.29 is 38.4 Å².